The maximum Gasteiger partial charge on any atom is 0.243 e. The monoisotopic (exact) mass is 498 g/mol. The van der Waals surface area contributed by atoms with Crippen LogP contribution >= 0.6 is 23.2 Å². The third-order valence-corrected chi connectivity index (χ3v) is 6.32. The van der Waals surface area contributed by atoms with Crippen LogP contribution in [-0.4, -0.2) is 28.3 Å². The van der Waals surface area contributed by atoms with E-state index in [0.29, 0.717) is 29.3 Å². The Morgan fingerprint density at radius 2 is 1.68 bits per heavy atom. The van der Waals surface area contributed by atoms with Gasteiger partial charge in [-0.25, -0.2) is 0 Å². The van der Waals surface area contributed by atoms with E-state index in [-0.39, 0.29) is 18.4 Å². The normalized spacial score (nSPS) is 12.4. The number of rotatable bonds is 8. The van der Waals surface area contributed by atoms with E-state index >= 15 is 0 Å². The predicted molar refractivity (Wildman–Crippen MR) is 141 cm³/mol. The van der Waals surface area contributed by atoms with Crippen molar-refractivity contribution in [3.05, 3.63) is 81.8 Å². The van der Waals surface area contributed by atoms with E-state index in [1.807, 2.05) is 52.0 Å². The highest BCUT2D eigenvalue weighted by molar-refractivity contribution is 6.35. The third kappa shape index (κ3) is 6.74. The highest BCUT2D eigenvalue weighted by Gasteiger charge is 2.30. The summed E-state index contributed by atoms with van der Waals surface area (Å²) in [4.78, 5) is 28.4. The molecule has 0 fully saturated rings. The topological polar surface area (TPSA) is 49.4 Å². The number of halogens is 2. The molecule has 3 rings (SSSR count). The van der Waals surface area contributed by atoms with E-state index in [1.165, 1.54) is 0 Å². The lowest BCUT2D eigenvalue weighted by molar-refractivity contribution is -0.142. The summed E-state index contributed by atoms with van der Waals surface area (Å²) in [6.45, 7) is 7.95. The number of aryl methyl sites for hydroxylation is 1. The number of nitrogens with one attached hydrogen (secondary N) is 1. The molecule has 0 saturated carbocycles. The quantitative estimate of drug-likeness (QED) is 0.371. The van der Waals surface area contributed by atoms with Crippen molar-refractivity contribution in [2.75, 3.05) is 0 Å². The smallest absolute Gasteiger partial charge is 0.243 e. The molecule has 0 heterocycles. The lowest BCUT2D eigenvalue weighted by Crippen LogP contribution is -2.53. The van der Waals surface area contributed by atoms with E-state index in [1.54, 1.807) is 17.0 Å². The van der Waals surface area contributed by atoms with Crippen LogP contribution in [0.2, 0.25) is 10.0 Å². The second-order valence-electron chi connectivity index (χ2n) is 9.56. The van der Waals surface area contributed by atoms with Crippen LogP contribution in [0, 0.1) is 0 Å². The highest BCUT2D eigenvalue weighted by atomic mass is 35.5. The molecule has 1 unspecified atom stereocenters. The molecule has 0 aliphatic rings. The first-order chi connectivity index (χ1) is 16.1. The molecule has 180 valence electrons. The summed E-state index contributed by atoms with van der Waals surface area (Å²) in [7, 11) is 0. The molecule has 1 N–H and O–H groups in total. The van der Waals surface area contributed by atoms with E-state index in [0.717, 1.165) is 21.9 Å². The Morgan fingerprint density at radius 1 is 0.971 bits per heavy atom. The van der Waals surface area contributed by atoms with Crippen molar-refractivity contribution in [1.82, 2.24) is 10.2 Å². The van der Waals surface area contributed by atoms with Crippen molar-refractivity contribution in [3.63, 3.8) is 0 Å². The molecule has 0 radical (unpaired) electrons. The first-order valence-corrected chi connectivity index (χ1v) is 12.4. The zero-order valence-corrected chi connectivity index (χ0v) is 21.7. The summed E-state index contributed by atoms with van der Waals surface area (Å²) in [6, 6.07) is 18.9. The van der Waals surface area contributed by atoms with Crippen LogP contribution in [0.3, 0.4) is 0 Å². The molecule has 0 aliphatic heterocycles. The molecule has 0 aliphatic carbocycles. The number of nitrogens with zero attached hydrogens (tertiary/aromatic N) is 1. The van der Waals surface area contributed by atoms with Crippen LogP contribution in [0.5, 0.6) is 0 Å². The molecule has 6 heteroatoms. The fourth-order valence-corrected chi connectivity index (χ4v) is 4.57. The molecule has 0 bridgehead atoms. The van der Waals surface area contributed by atoms with Crippen molar-refractivity contribution >= 4 is 45.8 Å². The van der Waals surface area contributed by atoms with E-state index in [9.17, 15) is 9.59 Å². The van der Waals surface area contributed by atoms with Crippen LogP contribution in [0.15, 0.2) is 60.7 Å². The van der Waals surface area contributed by atoms with Gasteiger partial charge in [0.05, 0.1) is 0 Å². The van der Waals surface area contributed by atoms with Crippen molar-refractivity contribution in [3.8, 4) is 0 Å². The third-order valence-electron chi connectivity index (χ3n) is 5.73. The molecule has 0 spiro atoms. The van der Waals surface area contributed by atoms with Crippen LogP contribution in [0.4, 0.5) is 0 Å². The number of amides is 2. The summed E-state index contributed by atoms with van der Waals surface area (Å²) < 4.78 is 0. The molecule has 2 amide bonds. The van der Waals surface area contributed by atoms with E-state index < -0.39 is 11.6 Å². The zero-order valence-electron chi connectivity index (χ0n) is 20.2. The van der Waals surface area contributed by atoms with Gasteiger partial charge in [-0.05, 0) is 67.6 Å². The number of carbonyl (C=O) groups is 2. The number of fused-ring (bicyclic) bond motifs is 1. The van der Waals surface area contributed by atoms with Gasteiger partial charge in [-0.3, -0.25) is 9.59 Å². The minimum Gasteiger partial charge on any atom is -0.350 e. The standard InChI is InChI=1S/C28H32Cl2N2O2/c1-5-25(27(34)31-28(2,3)4)32(18-21-13-15-22(29)17-24(21)30)26(33)16-14-20-11-8-10-19-9-6-7-12-23(19)20/h6-13,15,17,25H,5,14,16,18H2,1-4H3,(H,31,34). The Morgan fingerprint density at radius 3 is 2.35 bits per heavy atom. The summed E-state index contributed by atoms with van der Waals surface area (Å²) in [5.74, 6) is -0.256. The molecule has 34 heavy (non-hydrogen) atoms. The van der Waals surface area contributed by atoms with Crippen LogP contribution in [-0.2, 0) is 22.6 Å². The maximum atomic E-state index is 13.6. The Labute approximate surface area is 212 Å². The van der Waals surface area contributed by atoms with Gasteiger partial charge >= 0.3 is 0 Å². The number of hydrogen-bond acceptors (Lipinski definition) is 2. The van der Waals surface area contributed by atoms with Gasteiger partial charge in [0.2, 0.25) is 11.8 Å². The Hall–Kier alpha value is -2.56. The number of hydrogen-bond donors (Lipinski definition) is 1. The SMILES string of the molecule is CCC(C(=O)NC(C)(C)C)N(Cc1ccc(Cl)cc1Cl)C(=O)CCc1cccc2ccccc12. The van der Waals surface area contributed by atoms with Crippen LogP contribution in [0.1, 0.15) is 51.7 Å². The second kappa shape index (κ2) is 11.2. The lowest BCUT2D eigenvalue weighted by atomic mass is 10.00. The van der Waals surface area contributed by atoms with Crippen molar-refractivity contribution in [2.24, 2.45) is 0 Å². The van der Waals surface area contributed by atoms with Gasteiger partial charge in [-0.15, -0.1) is 0 Å². The maximum absolute atomic E-state index is 13.6. The summed E-state index contributed by atoms with van der Waals surface area (Å²) in [6.07, 6.45) is 1.37. The summed E-state index contributed by atoms with van der Waals surface area (Å²) in [5.41, 5.74) is 1.47. The van der Waals surface area contributed by atoms with E-state index in [2.05, 4.69) is 29.6 Å². The molecule has 4 nitrogen and oxygen atoms in total. The van der Waals surface area contributed by atoms with Gasteiger partial charge in [0.15, 0.2) is 0 Å². The number of benzene rings is 3. The Balaban J connectivity index is 1.87. The second-order valence-corrected chi connectivity index (χ2v) is 10.4. The molecular formula is C28H32Cl2N2O2. The largest absolute Gasteiger partial charge is 0.350 e. The summed E-state index contributed by atoms with van der Waals surface area (Å²) >= 11 is 12.5. The van der Waals surface area contributed by atoms with Gasteiger partial charge in [0.1, 0.15) is 6.04 Å². The molecule has 1 atom stereocenters. The van der Waals surface area contributed by atoms with Gasteiger partial charge in [0.25, 0.3) is 0 Å². The van der Waals surface area contributed by atoms with Crippen molar-refractivity contribution in [1.29, 1.82) is 0 Å². The lowest BCUT2D eigenvalue weighted by Gasteiger charge is -2.33. The minimum atomic E-state index is -0.606. The van der Waals surface area contributed by atoms with Gasteiger partial charge in [-0.1, -0.05) is 78.7 Å². The minimum absolute atomic E-state index is 0.0881. The molecule has 0 aromatic heterocycles. The van der Waals surface area contributed by atoms with Gasteiger partial charge in [0, 0.05) is 28.5 Å². The van der Waals surface area contributed by atoms with Crippen LogP contribution < -0.4 is 5.32 Å². The fraction of sp³-hybridized carbons (Fsp3) is 0.357. The predicted octanol–water partition coefficient (Wildman–Crippen LogP) is 6.80. The first-order valence-electron chi connectivity index (χ1n) is 11.6. The molecule has 0 saturated heterocycles. The van der Waals surface area contributed by atoms with E-state index in [4.69, 9.17) is 23.2 Å². The average molecular weight is 499 g/mol. The average Bonchev–Trinajstić information content (AvgIpc) is 2.77. The molecule has 3 aromatic rings. The Kier molecular flexibility index (Phi) is 8.62. The first kappa shape index (κ1) is 26.1. The molecule has 3 aromatic carbocycles. The highest BCUT2D eigenvalue weighted by Crippen LogP contribution is 2.25. The zero-order chi connectivity index (χ0) is 24.9. The fourth-order valence-electron chi connectivity index (χ4n) is 4.10. The Bertz CT molecular complexity index is 1170. The summed E-state index contributed by atoms with van der Waals surface area (Å²) in [5, 5.41) is 6.32. The molecular weight excluding hydrogens is 467 g/mol. The van der Waals surface area contributed by atoms with Crippen LogP contribution in [0.25, 0.3) is 10.8 Å². The van der Waals surface area contributed by atoms with Gasteiger partial charge in [-0.2, -0.15) is 0 Å². The van der Waals surface area contributed by atoms with Crippen molar-refractivity contribution in [2.45, 2.75) is 65.1 Å². The number of carbonyl (C=O) groups excluding carboxylic acids is 2. The van der Waals surface area contributed by atoms with Gasteiger partial charge < -0.3 is 10.2 Å². The van der Waals surface area contributed by atoms with Crippen molar-refractivity contribution < 1.29 is 9.59 Å².